The number of aromatic nitrogens is 1. The first kappa shape index (κ1) is 26.6. The number of carbonyl (C=O) groups excluding carboxylic acids is 2. The zero-order valence-electron chi connectivity index (χ0n) is 23.3. The van der Waals surface area contributed by atoms with E-state index < -0.39 is 5.60 Å². The second-order valence-electron chi connectivity index (χ2n) is 12.4. The second-order valence-corrected chi connectivity index (χ2v) is 12.4. The van der Waals surface area contributed by atoms with Gasteiger partial charge in [-0.15, -0.1) is 0 Å². The van der Waals surface area contributed by atoms with Gasteiger partial charge in [-0.2, -0.15) is 0 Å². The highest BCUT2D eigenvalue weighted by Crippen LogP contribution is 2.41. The molecule has 6 nitrogen and oxygen atoms in total. The standard InChI is InChI=1S/C30H45N3O3/c1-20(2)18-26-27-24(23-10-8-9-11-25(23)32(27)7)16-17-33(26)28(34)22-14-12-21(13-15-22)19-31(6)29(35)36-30(3,4)5/h8-11,20-22,26H,12-19H2,1-7H3/t21-,22-,26?. The zero-order chi connectivity index (χ0) is 26.2. The van der Waals surface area contributed by atoms with Crippen molar-refractivity contribution in [3.05, 3.63) is 35.5 Å². The summed E-state index contributed by atoms with van der Waals surface area (Å²) in [6, 6.07) is 8.79. The highest BCUT2D eigenvalue weighted by atomic mass is 16.6. The van der Waals surface area contributed by atoms with E-state index in [1.165, 1.54) is 22.2 Å². The van der Waals surface area contributed by atoms with Crippen LogP contribution in [0.5, 0.6) is 0 Å². The predicted octanol–water partition coefficient (Wildman–Crippen LogP) is 6.32. The largest absolute Gasteiger partial charge is 0.444 e. The van der Waals surface area contributed by atoms with E-state index in [0.29, 0.717) is 24.3 Å². The number of fused-ring (bicyclic) bond motifs is 3. The molecule has 2 heterocycles. The van der Waals surface area contributed by atoms with Gasteiger partial charge in [0.2, 0.25) is 5.91 Å². The summed E-state index contributed by atoms with van der Waals surface area (Å²) < 4.78 is 7.84. The lowest BCUT2D eigenvalue weighted by atomic mass is 9.80. The Morgan fingerprint density at radius 1 is 1.11 bits per heavy atom. The molecular weight excluding hydrogens is 450 g/mol. The molecule has 0 bridgehead atoms. The Bertz CT molecular complexity index is 1090. The Hall–Kier alpha value is -2.50. The van der Waals surface area contributed by atoms with Crippen molar-refractivity contribution < 1.29 is 14.3 Å². The van der Waals surface area contributed by atoms with Crippen LogP contribution in [0, 0.1) is 17.8 Å². The lowest BCUT2D eigenvalue weighted by Crippen LogP contribution is -2.45. The molecule has 1 aromatic carbocycles. The first-order valence-corrected chi connectivity index (χ1v) is 13.8. The summed E-state index contributed by atoms with van der Waals surface area (Å²) >= 11 is 0. The van der Waals surface area contributed by atoms with Gasteiger partial charge in [0.1, 0.15) is 5.60 Å². The quantitative estimate of drug-likeness (QED) is 0.487. The maximum atomic E-state index is 13.9. The number of nitrogens with zero attached hydrogens (tertiary/aromatic N) is 3. The SMILES string of the molecule is CC(C)CC1c2c(c3ccccc3n2C)CCN1C(=O)[C@H]1CC[C@H](CN(C)C(=O)OC(C)(C)C)CC1. The van der Waals surface area contributed by atoms with E-state index in [4.69, 9.17) is 4.74 Å². The topological polar surface area (TPSA) is 54.8 Å². The van der Waals surface area contributed by atoms with E-state index in [1.807, 2.05) is 27.8 Å². The van der Waals surface area contributed by atoms with E-state index in [2.05, 4.69) is 54.6 Å². The van der Waals surface area contributed by atoms with Gasteiger partial charge in [-0.25, -0.2) is 4.79 Å². The first-order chi connectivity index (χ1) is 17.0. The van der Waals surface area contributed by atoms with Crippen molar-refractivity contribution in [1.82, 2.24) is 14.4 Å². The fraction of sp³-hybridized carbons (Fsp3) is 0.667. The highest BCUT2D eigenvalue weighted by Gasteiger charge is 2.38. The number of para-hydroxylation sites is 1. The molecule has 1 saturated carbocycles. The minimum Gasteiger partial charge on any atom is -0.444 e. The summed E-state index contributed by atoms with van der Waals surface area (Å²) in [5.41, 5.74) is 3.54. The van der Waals surface area contributed by atoms with Crippen molar-refractivity contribution >= 4 is 22.9 Å². The predicted molar refractivity (Wildman–Crippen MR) is 145 cm³/mol. The maximum absolute atomic E-state index is 13.9. The van der Waals surface area contributed by atoms with Crippen LogP contribution >= 0.6 is 0 Å². The molecular formula is C30H45N3O3. The molecule has 1 atom stereocenters. The third-order valence-corrected chi connectivity index (χ3v) is 7.97. The van der Waals surface area contributed by atoms with Crippen molar-refractivity contribution in [3.63, 3.8) is 0 Å². The molecule has 1 aliphatic heterocycles. The van der Waals surface area contributed by atoms with Crippen LogP contribution in [0.25, 0.3) is 10.9 Å². The monoisotopic (exact) mass is 495 g/mol. The van der Waals surface area contributed by atoms with Crippen molar-refractivity contribution in [3.8, 4) is 0 Å². The molecule has 1 unspecified atom stereocenters. The summed E-state index contributed by atoms with van der Waals surface area (Å²) in [4.78, 5) is 30.2. The molecule has 0 radical (unpaired) electrons. The van der Waals surface area contributed by atoms with E-state index in [-0.39, 0.29) is 18.1 Å². The number of carbonyl (C=O) groups is 2. The molecule has 1 aliphatic carbocycles. The van der Waals surface area contributed by atoms with Gasteiger partial charge in [-0.05, 0) is 82.8 Å². The third kappa shape index (κ3) is 5.57. The van der Waals surface area contributed by atoms with E-state index in [9.17, 15) is 9.59 Å². The van der Waals surface area contributed by atoms with Gasteiger partial charge >= 0.3 is 6.09 Å². The number of aryl methyl sites for hydroxylation is 1. The summed E-state index contributed by atoms with van der Waals surface area (Å²) in [5, 5.41) is 1.34. The molecule has 4 rings (SSSR count). The van der Waals surface area contributed by atoms with Crippen LogP contribution in [0.1, 0.15) is 84.0 Å². The van der Waals surface area contributed by atoms with Crippen molar-refractivity contribution in [2.45, 2.75) is 84.8 Å². The van der Waals surface area contributed by atoms with Gasteiger partial charge in [-0.3, -0.25) is 4.79 Å². The summed E-state index contributed by atoms with van der Waals surface area (Å²) in [6.07, 6.45) is 5.40. The molecule has 198 valence electrons. The average molecular weight is 496 g/mol. The highest BCUT2D eigenvalue weighted by molar-refractivity contribution is 5.87. The number of rotatable bonds is 5. The van der Waals surface area contributed by atoms with Gasteiger partial charge in [-0.1, -0.05) is 32.0 Å². The number of hydrogen-bond donors (Lipinski definition) is 0. The molecule has 6 heteroatoms. The van der Waals surface area contributed by atoms with Crippen LogP contribution in [0.3, 0.4) is 0 Å². The molecule has 1 fully saturated rings. The van der Waals surface area contributed by atoms with Crippen molar-refractivity contribution in [1.29, 1.82) is 0 Å². The van der Waals surface area contributed by atoms with Crippen LogP contribution in [-0.4, -0.2) is 52.1 Å². The Labute approximate surface area is 217 Å². The lowest BCUT2D eigenvalue weighted by molar-refractivity contribution is -0.140. The zero-order valence-corrected chi connectivity index (χ0v) is 23.3. The normalized spacial score (nSPS) is 22.6. The van der Waals surface area contributed by atoms with Crippen LogP contribution in [0.2, 0.25) is 0 Å². The molecule has 0 saturated heterocycles. The average Bonchev–Trinajstić information content (AvgIpc) is 3.10. The lowest BCUT2D eigenvalue weighted by Gasteiger charge is -2.41. The molecule has 36 heavy (non-hydrogen) atoms. The number of hydrogen-bond acceptors (Lipinski definition) is 3. The Morgan fingerprint density at radius 2 is 1.78 bits per heavy atom. The van der Waals surface area contributed by atoms with Crippen LogP contribution < -0.4 is 0 Å². The summed E-state index contributed by atoms with van der Waals surface area (Å²) in [5.74, 6) is 1.34. The van der Waals surface area contributed by atoms with Gasteiger partial charge in [0.25, 0.3) is 0 Å². The Morgan fingerprint density at radius 3 is 2.42 bits per heavy atom. The Balaban J connectivity index is 1.44. The molecule has 0 N–H and O–H groups in total. The first-order valence-electron chi connectivity index (χ1n) is 13.8. The molecule has 2 aromatic rings. The van der Waals surface area contributed by atoms with Crippen LogP contribution in [0.15, 0.2) is 24.3 Å². The van der Waals surface area contributed by atoms with E-state index in [1.54, 1.807) is 4.90 Å². The fourth-order valence-electron chi connectivity index (χ4n) is 6.29. The number of ether oxygens (including phenoxy) is 1. The van der Waals surface area contributed by atoms with Crippen molar-refractivity contribution in [2.75, 3.05) is 20.1 Å². The molecule has 2 aliphatic rings. The smallest absolute Gasteiger partial charge is 0.410 e. The maximum Gasteiger partial charge on any atom is 0.410 e. The fourth-order valence-corrected chi connectivity index (χ4v) is 6.29. The Kier molecular flexibility index (Phi) is 7.72. The minimum atomic E-state index is -0.486. The van der Waals surface area contributed by atoms with Gasteiger partial charge in [0.15, 0.2) is 0 Å². The van der Waals surface area contributed by atoms with Gasteiger partial charge in [0, 0.05) is 49.7 Å². The van der Waals surface area contributed by atoms with Crippen molar-refractivity contribution in [2.24, 2.45) is 24.8 Å². The molecule has 0 spiro atoms. The van der Waals surface area contributed by atoms with Crippen LogP contribution in [-0.2, 0) is 23.0 Å². The third-order valence-electron chi connectivity index (χ3n) is 7.97. The molecule has 1 aromatic heterocycles. The number of amides is 2. The van der Waals surface area contributed by atoms with E-state index >= 15 is 0 Å². The van der Waals surface area contributed by atoms with Gasteiger partial charge < -0.3 is 19.1 Å². The van der Waals surface area contributed by atoms with E-state index in [0.717, 1.165) is 45.1 Å². The summed E-state index contributed by atoms with van der Waals surface area (Å²) in [7, 11) is 3.98. The van der Waals surface area contributed by atoms with Crippen LogP contribution in [0.4, 0.5) is 4.79 Å². The number of benzene rings is 1. The van der Waals surface area contributed by atoms with Gasteiger partial charge in [0.05, 0.1) is 6.04 Å². The molecule has 2 amide bonds. The second kappa shape index (κ2) is 10.5. The minimum absolute atomic E-state index is 0.0824. The summed E-state index contributed by atoms with van der Waals surface area (Å²) in [6.45, 7) is 11.7.